The lowest BCUT2D eigenvalue weighted by molar-refractivity contribution is 0.188. The predicted molar refractivity (Wildman–Crippen MR) is 113 cm³/mol. The topological polar surface area (TPSA) is 72.3 Å². The molecule has 3 heterocycles. The van der Waals surface area contributed by atoms with Crippen molar-refractivity contribution >= 4 is 11.7 Å². The van der Waals surface area contributed by atoms with Crippen molar-refractivity contribution in [2.45, 2.75) is 44.7 Å². The van der Waals surface area contributed by atoms with Crippen LogP contribution in [0.5, 0.6) is 0 Å². The molecule has 1 aromatic carbocycles. The number of nitriles is 1. The molecular formula is C23H27N5O. The van der Waals surface area contributed by atoms with Crippen molar-refractivity contribution in [3.63, 3.8) is 0 Å². The molecule has 0 atom stereocenters. The molecule has 2 aliphatic heterocycles. The van der Waals surface area contributed by atoms with E-state index in [0.717, 1.165) is 43.9 Å². The van der Waals surface area contributed by atoms with Crippen molar-refractivity contribution in [1.82, 2.24) is 15.2 Å². The van der Waals surface area contributed by atoms with Gasteiger partial charge in [0.05, 0.1) is 11.4 Å². The first-order valence-electron chi connectivity index (χ1n) is 10.2. The van der Waals surface area contributed by atoms with Gasteiger partial charge in [0, 0.05) is 37.6 Å². The minimum atomic E-state index is -0.265. The number of nitrogens with one attached hydrogen (secondary N) is 1. The Hall–Kier alpha value is -2.91. The van der Waals surface area contributed by atoms with E-state index in [0.29, 0.717) is 12.2 Å². The fourth-order valence-electron chi connectivity index (χ4n) is 4.30. The Morgan fingerprint density at radius 1 is 1.21 bits per heavy atom. The largest absolute Gasteiger partial charge is 0.335 e. The summed E-state index contributed by atoms with van der Waals surface area (Å²) in [5.41, 5.74) is 3.09. The zero-order valence-corrected chi connectivity index (χ0v) is 17.1. The highest BCUT2D eigenvalue weighted by molar-refractivity contribution is 5.94. The second kappa shape index (κ2) is 7.84. The van der Waals surface area contributed by atoms with E-state index in [9.17, 15) is 4.79 Å². The molecule has 1 aromatic heterocycles. The van der Waals surface area contributed by atoms with Crippen LogP contribution in [0.2, 0.25) is 0 Å². The smallest absolute Gasteiger partial charge is 0.322 e. The molecule has 6 heteroatoms. The molecule has 29 heavy (non-hydrogen) atoms. The van der Waals surface area contributed by atoms with E-state index in [4.69, 9.17) is 5.26 Å². The first kappa shape index (κ1) is 19.4. The second-order valence-electron chi connectivity index (χ2n) is 8.63. The molecule has 1 N–H and O–H groups in total. The lowest BCUT2D eigenvalue weighted by Gasteiger charge is -2.33. The number of aromatic nitrogens is 1. The minimum Gasteiger partial charge on any atom is -0.335 e. The molecule has 2 aromatic rings. The van der Waals surface area contributed by atoms with E-state index in [1.165, 1.54) is 5.56 Å². The summed E-state index contributed by atoms with van der Waals surface area (Å²) in [7, 11) is 0. The highest BCUT2D eigenvalue weighted by Gasteiger charge is 2.40. The zero-order chi connectivity index (χ0) is 20.4. The van der Waals surface area contributed by atoms with Crippen molar-refractivity contribution in [1.29, 1.82) is 5.26 Å². The summed E-state index contributed by atoms with van der Waals surface area (Å²) in [6, 6.07) is 16.3. The van der Waals surface area contributed by atoms with Crippen LogP contribution in [-0.2, 0) is 12.0 Å². The van der Waals surface area contributed by atoms with Gasteiger partial charge in [-0.2, -0.15) is 5.26 Å². The van der Waals surface area contributed by atoms with Gasteiger partial charge in [-0.1, -0.05) is 44.2 Å². The molecule has 2 aliphatic rings. The number of carbonyl (C=O) groups is 1. The van der Waals surface area contributed by atoms with E-state index in [1.54, 1.807) is 11.0 Å². The minimum absolute atomic E-state index is 0.0650. The summed E-state index contributed by atoms with van der Waals surface area (Å²) in [5, 5.41) is 12.4. The van der Waals surface area contributed by atoms with Crippen LogP contribution >= 0.6 is 0 Å². The Balaban J connectivity index is 1.36. The molecule has 2 amide bonds. The summed E-state index contributed by atoms with van der Waals surface area (Å²) in [4.78, 5) is 21.7. The van der Waals surface area contributed by atoms with Gasteiger partial charge in [0.2, 0.25) is 0 Å². The van der Waals surface area contributed by atoms with Crippen LogP contribution in [0.1, 0.15) is 43.6 Å². The monoisotopic (exact) mass is 389 g/mol. The number of rotatable bonds is 3. The number of urea groups is 1. The quantitative estimate of drug-likeness (QED) is 0.873. The van der Waals surface area contributed by atoms with Crippen LogP contribution in [0.3, 0.4) is 0 Å². The Morgan fingerprint density at radius 2 is 1.93 bits per heavy atom. The number of hydrogen-bond acceptors (Lipinski definition) is 4. The highest BCUT2D eigenvalue weighted by Crippen LogP contribution is 2.39. The maximum Gasteiger partial charge on any atom is 0.322 e. The fraction of sp³-hybridized carbons (Fsp3) is 0.435. The van der Waals surface area contributed by atoms with Gasteiger partial charge in [-0.25, -0.2) is 9.78 Å². The van der Waals surface area contributed by atoms with Crippen molar-refractivity contribution in [2.24, 2.45) is 0 Å². The number of carbonyl (C=O) groups excluding carboxylic acids is 1. The molecule has 1 fully saturated rings. The molecule has 0 radical (unpaired) electrons. The molecule has 1 saturated heterocycles. The third-order valence-electron chi connectivity index (χ3n) is 5.88. The SMILES string of the molecule is CC1(C)CN(C(=O)NC2CCN(Cc3ccccc3)CC2)c2ccc(C#N)nc21. The standard InChI is InChI=1S/C23H27N5O/c1-23(2)16-28(20-9-8-19(14-24)25-21(20)23)22(29)26-18-10-12-27(13-11-18)15-17-6-4-3-5-7-17/h3-9,18H,10-13,15-16H2,1-2H3,(H,26,29). The van der Waals surface area contributed by atoms with E-state index in [1.807, 2.05) is 12.1 Å². The third kappa shape index (κ3) is 4.10. The van der Waals surface area contributed by atoms with Gasteiger partial charge in [-0.3, -0.25) is 9.80 Å². The Morgan fingerprint density at radius 3 is 2.62 bits per heavy atom. The first-order valence-corrected chi connectivity index (χ1v) is 10.2. The number of anilines is 1. The van der Waals surface area contributed by atoms with Crippen LogP contribution in [0.25, 0.3) is 0 Å². The van der Waals surface area contributed by atoms with Crippen molar-refractivity contribution in [2.75, 3.05) is 24.5 Å². The molecule has 0 unspecified atom stereocenters. The van der Waals surface area contributed by atoms with Gasteiger partial charge in [0.15, 0.2) is 0 Å². The number of pyridine rings is 1. The summed E-state index contributed by atoms with van der Waals surface area (Å²) in [6.07, 6.45) is 1.91. The highest BCUT2D eigenvalue weighted by atomic mass is 16.2. The van der Waals surface area contributed by atoms with Crippen LogP contribution in [0.15, 0.2) is 42.5 Å². The first-order chi connectivity index (χ1) is 14.0. The second-order valence-corrected chi connectivity index (χ2v) is 8.63. The predicted octanol–water partition coefficient (Wildman–Crippen LogP) is 3.43. The Labute approximate surface area is 172 Å². The maximum absolute atomic E-state index is 13.0. The van der Waals surface area contributed by atoms with Gasteiger partial charge in [0.1, 0.15) is 11.8 Å². The number of hydrogen-bond donors (Lipinski definition) is 1. The molecule has 0 aliphatic carbocycles. The van der Waals surface area contributed by atoms with Crippen molar-refractivity contribution in [3.8, 4) is 6.07 Å². The summed E-state index contributed by atoms with van der Waals surface area (Å²) in [5.74, 6) is 0. The number of benzene rings is 1. The Kier molecular flexibility index (Phi) is 5.25. The summed E-state index contributed by atoms with van der Waals surface area (Å²) in [6.45, 7) is 7.62. The zero-order valence-electron chi connectivity index (χ0n) is 17.1. The maximum atomic E-state index is 13.0. The average molecular weight is 390 g/mol. The Bertz CT molecular complexity index is 926. The van der Waals surface area contributed by atoms with E-state index in [2.05, 4.69) is 59.4 Å². The van der Waals surface area contributed by atoms with E-state index in [-0.39, 0.29) is 17.5 Å². The number of likely N-dealkylation sites (tertiary alicyclic amines) is 1. The molecule has 6 nitrogen and oxygen atoms in total. The van der Waals surface area contributed by atoms with Crippen LogP contribution in [0.4, 0.5) is 10.5 Å². The van der Waals surface area contributed by atoms with E-state index < -0.39 is 0 Å². The number of piperidine rings is 1. The third-order valence-corrected chi connectivity index (χ3v) is 5.88. The molecular weight excluding hydrogens is 362 g/mol. The van der Waals surface area contributed by atoms with Gasteiger partial charge in [0.25, 0.3) is 0 Å². The van der Waals surface area contributed by atoms with Crippen LogP contribution in [0, 0.1) is 11.3 Å². The van der Waals surface area contributed by atoms with Crippen molar-refractivity contribution < 1.29 is 4.79 Å². The molecule has 4 rings (SSSR count). The van der Waals surface area contributed by atoms with Crippen LogP contribution < -0.4 is 10.2 Å². The summed E-state index contributed by atoms with van der Waals surface area (Å²) >= 11 is 0. The average Bonchev–Trinajstić information content (AvgIpc) is 3.01. The van der Waals surface area contributed by atoms with Gasteiger partial charge < -0.3 is 5.32 Å². The molecule has 150 valence electrons. The normalized spacial score (nSPS) is 18.9. The number of fused-ring (bicyclic) bond motifs is 1. The van der Waals surface area contributed by atoms with Gasteiger partial charge >= 0.3 is 6.03 Å². The fourth-order valence-corrected chi connectivity index (χ4v) is 4.30. The number of amides is 2. The molecule has 0 saturated carbocycles. The molecule has 0 spiro atoms. The van der Waals surface area contributed by atoms with Crippen LogP contribution in [-0.4, -0.2) is 41.6 Å². The lowest BCUT2D eigenvalue weighted by Crippen LogP contribution is -2.49. The lowest BCUT2D eigenvalue weighted by atomic mass is 9.91. The van der Waals surface area contributed by atoms with Crippen molar-refractivity contribution in [3.05, 3.63) is 59.4 Å². The molecule has 0 bridgehead atoms. The summed E-state index contributed by atoms with van der Waals surface area (Å²) < 4.78 is 0. The van der Waals surface area contributed by atoms with Gasteiger partial charge in [-0.15, -0.1) is 0 Å². The van der Waals surface area contributed by atoms with Gasteiger partial charge in [-0.05, 0) is 30.5 Å². The van der Waals surface area contributed by atoms with E-state index >= 15 is 0 Å². The number of nitrogens with zero attached hydrogens (tertiary/aromatic N) is 4.